The van der Waals surface area contributed by atoms with Crippen LogP contribution in [0.3, 0.4) is 0 Å². The Bertz CT molecular complexity index is 584. The van der Waals surface area contributed by atoms with Crippen LogP contribution in [0.25, 0.3) is 0 Å². The van der Waals surface area contributed by atoms with Crippen molar-refractivity contribution in [2.24, 2.45) is 0 Å². The van der Waals surface area contributed by atoms with Gasteiger partial charge in [0.2, 0.25) is 0 Å². The van der Waals surface area contributed by atoms with Crippen molar-refractivity contribution in [1.82, 2.24) is 0 Å². The molecular weight excluding hydrogens is 296 g/mol. The minimum atomic E-state index is 0.404. The summed E-state index contributed by atoms with van der Waals surface area (Å²) in [5, 5.41) is 0. The third kappa shape index (κ3) is 4.29. The fourth-order valence-electron chi connectivity index (χ4n) is 2.26. The molecule has 0 fully saturated rings. The minimum absolute atomic E-state index is 0.404. The Morgan fingerprint density at radius 3 is 1.39 bits per heavy atom. The molecule has 2 rings (SSSR count). The Morgan fingerprint density at radius 2 is 1.04 bits per heavy atom. The molecule has 0 amide bonds. The van der Waals surface area contributed by atoms with Crippen LogP contribution in [0.15, 0.2) is 36.4 Å². The number of methoxy groups -OCH3 is 4. The van der Waals surface area contributed by atoms with Gasteiger partial charge in [0.1, 0.15) is 23.0 Å². The SMILES string of the molecule is COc1ccc(OC)c(COCc2cc(OC)ccc2OC)c1. The van der Waals surface area contributed by atoms with E-state index in [0.29, 0.717) is 13.2 Å². The Balaban J connectivity index is 2.07. The van der Waals surface area contributed by atoms with Crippen molar-refractivity contribution < 1.29 is 23.7 Å². The largest absolute Gasteiger partial charge is 0.497 e. The van der Waals surface area contributed by atoms with Crippen LogP contribution in [0.5, 0.6) is 23.0 Å². The first kappa shape index (κ1) is 17.0. The molecule has 2 aromatic carbocycles. The second-order valence-electron chi connectivity index (χ2n) is 4.85. The van der Waals surface area contributed by atoms with E-state index in [-0.39, 0.29) is 0 Å². The predicted molar refractivity (Wildman–Crippen MR) is 87.6 cm³/mol. The highest BCUT2D eigenvalue weighted by atomic mass is 16.5. The summed E-state index contributed by atoms with van der Waals surface area (Å²) in [6.45, 7) is 0.807. The molecule has 5 nitrogen and oxygen atoms in total. The third-order valence-electron chi connectivity index (χ3n) is 3.49. The zero-order valence-electron chi connectivity index (χ0n) is 13.9. The zero-order valence-corrected chi connectivity index (χ0v) is 13.9. The number of hydrogen-bond donors (Lipinski definition) is 0. The predicted octanol–water partition coefficient (Wildman–Crippen LogP) is 3.44. The maximum atomic E-state index is 5.82. The first-order valence-corrected chi connectivity index (χ1v) is 7.21. The van der Waals surface area contributed by atoms with Gasteiger partial charge in [-0.1, -0.05) is 0 Å². The van der Waals surface area contributed by atoms with Crippen molar-refractivity contribution in [2.45, 2.75) is 13.2 Å². The van der Waals surface area contributed by atoms with Crippen molar-refractivity contribution >= 4 is 0 Å². The van der Waals surface area contributed by atoms with E-state index in [4.69, 9.17) is 23.7 Å². The highest BCUT2D eigenvalue weighted by Gasteiger charge is 2.08. The lowest BCUT2D eigenvalue weighted by Crippen LogP contribution is -2.00. The molecule has 0 atom stereocenters. The van der Waals surface area contributed by atoms with E-state index < -0.39 is 0 Å². The molecule has 0 saturated carbocycles. The molecule has 0 bridgehead atoms. The maximum Gasteiger partial charge on any atom is 0.124 e. The highest BCUT2D eigenvalue weighted by Crippen LogP contribution is 2.27. The van der Waals surface area contributed by atoms with Gasteiger partial charge in [-0.3, -0.25) is 0 Å². The van der Waals surface area contributed by atoms with E-state index in [1.165, 1.54) is 0 Å². The lowest BCUT2D eigenvalue weighted by atomic mass is 10.2. The molecule has 5 heteroatoms. The fourth-order valence-corrected chi connectivity index (χ4v) is 2.26. The van der Waals surface area contributed by atoms with Crippen molar-refractivity contribution in [3.63, 3.8) is 0 Å². The summed E-state index contributed by atoms with van der Waals surface area (Å²) < 4.78 is 27.0. The van der Waals surface area contributed by atoms with E-state index in [1.54, 1.807) is 28.4 Å². The molecule has 0 spiro atoms. The Labute approximate surface area is 136 Å². The van der Waals surface area contributed by atoms with Gasteiger partial charge in [0.25, 0.3) is 0 Å². The van der Waals surface area contributed by atoms with Crippen molar-refractivity contribution in [3.05, 3.63) is 47.5 Å². The van der Waals surface area contributed by atoms with Crippen LogP contribution in [-0.2, 0) is 18.0 Å². The normalized spacial score (nSPS) is 10.3. The van der Waals surface area contributed by atoms with Crippen LogP contribution < -0.4 is 18.9 Å². The molecule has 0 aliphatic rings. The molecule has 0 heterocycles. The van der Waals surface area contributed by atoms with E-state index in [9.17, 15) is 0 Å². The molecule has 0 radical (unpaired) electrons. The summed E-state index contributed by atoms with van der Waals surface area (Å²) in [5.74, 6) is 3.07. The van der Waals surface area contributed by atoms with E-state index in [1.807, 2.05) is 36.4 Å². The van der Waals surface area contributed by atoms with Gasteiger partial charge >= 0.3 is 0 Å². The first-order chi connectivity index (χ1) is 11.2. The Hall–Kier alpha value is -2.40. The van der Waals surface area contributed by atoms with Crippen LogP contribution in [0.4, 0.5) is 0 Å². The van der Waals surface area contributed by atoms with Gasteiger partial charge in [-0.2, -0.15) is 0 Å². The van der Waals surface area contributed by atoms with E-state index >= 15 is 0 Å². The standard InChI is InChI=1S/C18H22O5/c1-19-15-5-7-17(21-3)13(9-15)11-23-12-14-10-16(20-2)6-8-18(14)22-4/h5-10H,11-12H2,1-4H3. The molecule has 0 N–H and O–H groups in total. The quantitative estimate of drug-likeness (QED) is 0.746. The number of hydrogen-bond acceptors (Lipinski definition) is 5. The van der Waals surface area contributed by atoms with Gasteiger partial charge in [0, 0.05) is 11.1 Å². The Kier molecular flexibility index (Phi) is 6.11. The monoisotopic (exact) mass is 318 g/mol. The lowest BCUT2D eigenvalue weighted by Gasteiger charge is -2.13. The Morgan fingerprint density at radius 1 is 0.609 bits per heavy atom. The lowest BCUT2D eigenvalue weighted by molar-refractivity contribution is 0.103. The summed E-state index contributed by atoms with van der Waals surface area (Å²) in [5.41, 5.74) is 1.85. The molecule has 0 saturated heterocycles. The first-order valence-electron chi connectivity index (χ1n) is 7.21. The summed E-state index contributed by atoms with van der Waals surface area (Å²) in [4.78, 5) is 0. The van der Waals surface area contributed by atoms with E-state index in [2.05, 4.69) is 0 Å². The van der Waals surface area contributed by atoms with Crippen LogP contribution in [0.1, 0.15) is 11.1 Å². The molecule has 0 unspecified atom stereocenters. The smallest absolute Gasteiger partial charge is 0.124 e. The molecule has 0 aliphatic heterocycles. The summed E-state index contributed by atoms with van der Waals surface area (Å²) in [6.07, 6.45) is 0. The molecule has 23 heavy (non-hydrogen) atoms. The molecule has 0 aliphatic carbocycles. The van der Waals surface area contributed by atoms with Crippen LogP contribution in [0.2, 0.25) is 0 Å². The number of benzene rings is 2. The second-order valence-corrected chi connectivity index (χ2v) is 4.85. The van der Waals surface area contributed by atoms with Crippen molar-refractivity contribution in [1.29, 1.82) is 0 Å². The zero-order chi connectivity index (χ0) is 16.7. The topological polar surface area (TPSA) is 46.2 Å². The summed E-state index contributed by atoms with van der Waals surface area (Å²) in [7, 11) is 6.54. The number of ether oxygens (including phenoxy) is 5. The molecule has 0 aromatic heterocycles. The maximum absolute atomic E-state index is 5.82. The highest BCUT2D eigenvalue weighted by molar-refractivity contribution is 5.41. The average molecular weight is 318 g/mol. The van der Waals surface area contributed by atoms with Gasteiger partial charge in [0.15, 0.2) is 0 Å². The molecular formula is C18H22O5. The van der Waals surface area contributed by atoms with Crippen LogP contribution in [0, 0.1) is 0 Å². The minimum Gasteiger partial charge on any atom is -0.497 e. The summed E-state index contributed by atoms with van der Waals surface area (Å²) >= 11 is 0. The third-order valence-corrected chi connectivity index (χ3v) is 3.49. The fraction of sp³-hybridized carbons (Fsp3) is 0.333. The van der Waals surface area contributed by atoms with E-state index in [0.717, 1.165) is 34.1 Å². The molecule has 124 valence electrons. The van der Waals surface area contributed by atoms with Crippen LogP contribution in [-0.4, -0.2) is 28.4 Å². The van der Waals surface area contributed by atoms with Crippen LogP contribution >= 0.6 is 0 Å². The van der Waals surface area contributed by atoms with Crippen molar-refractivity contribution in [3.8, 4) is 23.0 Å². The van der Waals surface area contributed by atoms with Crippen molar-refractivity contribution in [2.75, 3.05) is 28.4 Å². The van der Waals surface area contributed by atoms with Gasteiger partial charge in [0.05, 0.1) is 41.7 Å². The molecule has 2 aromatic rings. The van der Waals surface area contributed by atoms with Gasteiger partial charge in [-0.15, -0.1) is 0 Å². The summed E-state index contributed by atoms with van der Waals surface area (Å²) in [6, 6.07) is 11.2. The van der Waals surface area contributed by atoms with Gasteiger partial charge in [-0.05, 0) is 36.4 Å². The average Bonchev–Trinajstić information content (AvgIpc) is 2.61. The van der Waals surface area contributed by atoms with Gasteiger partial charge in [-0.25, -0.2) is 0 Å². The second kappa shape index (κ2) is 8.29. The number of rotatable bonds is 8. The van der Waals surface area contributed by atoms with Gasteiger partial charge < -0.3 is 23.7 Å².